The van der Waals surface area contributed by atoms with Gasteiger partial charge in [-0.15, -0.1) is 0 Å². The fourth-order valence-electron chi connectivity index (χ4n) is 3.13. The van der Waals surface area contributed by atoms with Crippen molar-refractivity contribution in [2.45, 2.75) is 34.2 Å². The first-order valence-corrected chi connectivity index (χ1v) is 9.49. The second-order valence-corrected chi connectivity index (χ2v) is 6.93. The van der Waals surface area contributed by atoms with Gasteiger partial charge in [-0.2, -0.15) is 0 Å². The van der Waals surface area contributed by atoms with E-state index in [2.05, 4.69) is 28.3 Å². The molecule has 0 aliphatic heterocycles. The molecule has 5 nitrogen and oxygen atoms in total. The van der Waals surface area contributed by atoms with E-state index in [0.29, 0.717) is 30.4 Å². The van der Waals surface area contributed by atoms with Crippen molar-refractivity contribution in [3.8, 4) is 0 Å². The molecule has 144 valence electrons. The van der Waals surface area contributed by atoms with Crippen molar-refractivity contribution < 1.29 is 4.79 Å². The molecule has 0 bridgehead atoms. The summed E-state index contributed by atoms with van der Waals surface area (Å²) in [6.07, 6.45) is 0. The number of nitrogens with zero attached hydrogens (tertiary/aromatic N) is 3. The maximum absolute atomic E-state index is 13.1. The van der Waals surface area contributed by atoms with Crippen LogP contribution in [0.3, 0.4) is 0 Å². The lowest BCUT2D eigenvalue weighted by molar-refractivity contribution is 0.0746. The quantitative estimate of drug-likeness (QED) is 0.673. The number of carbonyl (C=O) groups excluding carboxylic acids is 1. The molecule has 1 heterocycles. The maximum atomic E-state index is 13.1. The predicted molar refractivity (Wildman–Crippen MR) is 113 cm³/mol. The maximum Gasteiger partial charge on any atom is 0.272 e. The lowest BCUT2D eigenvalue weighted by Gasteiger charge is -2.21. The highest BCUT2D eigenvalue weighted by Crippen LogP contribution is 2.21. The van der Waals surface area contributed by atoms with Crippen LogP contribution < -0.4 is 5.32 Å². The fraction of sp³-hybridized carbons (Fsp3) is 0.261. The van der Waals surface area contributed by atoms with Crippen molar-refractivity contribution in [2.75, 3.05) is 11.9 Å². The van der Waals surface area contributed by atoms with E-state index in [4.69, 9.17) is 0 Å². The third kappa shape index (κ3) is 4.74. The van der Waals surface area contributed by atoms with Crippen LogP contribution in [0.15, 0.2) is 54.6 Å². The van der Waals surface area contributed by atoms with Gasteiger partial charge in [0.15, 0.2) is 0 Å². The number of benzene rings is 2. The Labute approximate surface area is 166 Å². The molecule has 0 aliphatic carbocycles. The number of aryl methyl sites for hydroxylation is 3. The minimum atomic E-state index is -0.0967. The zero-order valence-electron chi connectivity index (χ0n) is 16.9. The minimum Gasteiger partial charge on any atom is -0.340 e. The smallest absolute Gasteiger partial charge is 0.272 e. The summed E-state index contributed by atoms with van der Waals surface area (Å²) in [6.45, 7) is 9.05. The number of anilines is 2. The molecule has 0 spiro atoms. The second-order valence-electron chi connectivity index (χ2n) is 6.93. The largest absolute Gasteiger partial charge is 0.340 e. The molecule has 0 aliphatic rings. The first kappa shape index (κ1) is 19.5. The van der Waals surface area contributed by atoms with E-state index < -0.39 is 0 Å². The van der Waals surface area contributed by atoms with Crippen LogP contribution in [0.4, 0.5) is 11.5 Å². The molecule has 5 heteroatoms. The van der Waals surface area contributed by atoms with Gasteiger partial charge in [-0.05, 0) is 44.9 Å². The summed E-state index contributed by atoms with van der Waals surface area (Å²) < 4.78 is 0. The van der Waals surface area contributed by atoms with Gasteiger partial charge in [-0.1, -0.05) is 48.0 Å². The summed E-state index contributed by atoms with van der Waals surface area (Å²) in [5.74, 6) is 1.09. The van der Waals surface area contributed by atoms with Crippen LogP contribution in [0.2, 0.25) is 0 Å². The molecular weight excluding hydrogens is 348 g/mol. The summed E-state index contributed by atoms with van der Waals surface area (Å²) >= 11 is 0. The SMILES string of the molecule is CCN(Cc1ccccc1)C(=O)c1cc(Nc2ccc(C)cc2C)nc(C)n1. The van der Waals surface area contributed by atoms with Crippen LogP contribution >= 0.6 is 0 Å². The highest BCUT2D eigenvalue weighted by Gasteiger charge is 2.18. The van der Waals surface area contributed by atoms with Gasteiger partial charge in [0.2, 0.25) is 0 Å². The molecule has 1 N–H and O–H groups in total. The Morgan fingerprint density at radius 3 is 2.43 bits per heavy atom. The molecular formula is C23H26N4O. The molecule has 1 amide bonds. The summed E-state index contributed by atoms with van der Waals surface area (Å²) in [6, 6.07) is 17.9. The van der Waals surface area contributed by atoms with Crippen LogP contribution in [0.5, 0.6) is 0 Å². The Balaban J connectivity index is 1.84. The Morgan fingerprint density at radius 2 is 1.75 bits per heavy atom. The number of carbonyl (C=O) groups is 1. The molecule has 0 radical (unpaired) electrons. The molecule has 28 heavy (non-hydrogen) atoms. The number of nitrogens with one attached hydrogen (secondary N) is 1. The number of hydrogen-bond acceptors (Lipinski definition) is 4. The van der Waals surface area contributed by atoms with Crippen molar-refractivity contribution in [3.63, 3.8) is 0 Å². The highest BCUT2D eigenvalue weighted by molar-refractivity contribution is 5.93. The molecule has 0 atom stereocenters. The van der Waals surface area contributed by atoms with Crippen LogP contribution in [-0.4, -0.2) is 27.3 Å². The number of amides is 1. The molecule has 0 saturated carbocycles. The van der Waals surface area contributed by atoms with Gasteiger partial charge in [-0.25, -0.2) is 9.97 Å². The molecule has 2 aromatic carbocycles. The van der Waals surface area contributed by atoms with Gasteiger partial charge in [-0.3, -0.25) is 4.79 Å². The predicted octanol–water partition coefficient (Wildman–Crippen LogP) is 4.81. The lowest BCUT2D eigenvalue weighted by Crippen LogP contribution is -2.31. The molecule has 0 saturated heterocycles. The van der Waals surface area contributed by atoms with E-state index in [0.717, 1.165) is 16.8 Å². The number of rotatable bonds is 6. The van der Waals surface area contributed by atoms with Gasteiger partial charge in [0.25, 0.3) is 5.91 Å². The van der Waals surface area contributed by atoms with Crippen molar-refractivity contribution in [3.05, 3.63) is 82.8 Å². The molecule has 3 rings (SSSR count). The summed E-state index contributed by atoms with van der Waals surface area (Å²) in [4.78, 5) is 23.7. The van der Waals surface area contributed by atoms with Crippen molar-refractivity contribution >= 4 is 17.4 Å². The summed E-state index contributed by atoms with van der Waals surface area (Å²) in [5.41, 5.74) is 4.80. The van der Waals surface area contributed by atoms with Gasteiger partial charge >= 0.3 is 0 Å². The highest BCUT2D eigenvalue weighted by atomic mass is 16.2. The van der Waals surface area contributed by atoms with Gasteiger partial charge in [0.1, 0.15) is 17.3 Å². The van der Waals surface area contributed by atoms with Crippen molar-refractivity contribution in [1.29, 1.82) is 0 Å². The first-order valence-electron chi connectivity index (χ1n) is 9.49. The van der Waals surface area contributed by atoms with Gasteiger partial charge < -0.3 is 10.2 Å². The average Bonchev–Trinajstić information content (AvgIpc) is 2.68. The summed E-state index contributed by atoms with van der Waals surface area (Å²) in [7, 11) is 0. The topological polar surface area (TPSA) is 58.1 Å². The van der Waals surface area contributed by atoms with E-state index in [9.17, 15) is 4.79 Å². The fourth-order valence-corrected chi connectivity index (χ4v) is 3.13. The third-order valence-corrected chi connectivity index (χ3v) is 4.59. The monoisotopic (exact) mass is 374 g/mol. The molecule has 0 unspecified atom stereocenters. The first-order chi connectivity index (χ1) is 13.5. The van der Waals surface area contributed by atoms with Crippen LogP contribution in [0.1, 0.15) is 39.9 Å². The minimum absolute atomic E-state index is 0.0967. The zero-order chi connectivity index (χ0) is 20.1. The normalized spacial score (nSPS) is 10.6. The Kier molecular flexibility index (Phi) is 6.04. The van der Waals surface area contributed by atoms with E-state index in [1.807, 2.05) is 56.3 Å². The average molecular weight is 374 g/mol. The van der Waals surface area contributed by atoms with E-state index in [1.54, 1.807) is 17.9 Å². The van der Waals surface area contributed by atoms with E-state index >= 15 is 0 Å². The Bertz CT molecular complexity index is 970. The Morgan fingerprint density at radius 1 is 1.00 bits per heavy atom. The zero-order valence-corrected chi connectivity index (χ0v) is 16.9. The summed E-state index contributed by atoms with van der Waals surface area (Å²) in [5, 5.41) is 3.32. The second kappa shape index (κ2) is 8.65. The standard InChI is InChI=1S/C23H26N4O/c1-5-27(15-19-9-7-6-8-10-19)23(28)21-14-22(25-18(4)24-21)26-20-12-11-16(2)13-17(20)3/h6-14H,5,15H2,1-4H3,(H,24,25,26). The van der Waals surface area contributed by atoms with Crippen molar-refractivity contribution in [2.24, 2.45) is 0 Å². The number of aromatic nitrogens is 2. The molecule has 1 aromatic heterocycles. The van der Waals surface area contributed by atoms with Gasteiger partial charge in [0, 0.05) is 24.8 Å². The van der Waals surface area contributed by atoms with Crippen LogP contribution in [0.25, 0.3) is 0 Å². The van der Waals surface area contributed by atoms with E-state index in [1.165, 1.54) is 5.56 Å². The lowest BCUT2D eigenvalue weighted by atomic mass is 10.1. The Hall–Kier alpha value is -3.21. The van der Waals surface area contributed by atoms with E-state index in [-0.39, 0.29) is 5.91 Å². The van der Waals surface area contributed by atoms with Gasteiger partial charge in [0.05, 0.1) is 0 Å². The van der Waals surface area contributed by atoms with Crippen LogP contribution in [0, 0.1) is 20.8 Å². The molecule has 0 fully saturated rings. The number of hydrogen-bond donors (Lipinski definition) is 1. The molecule has 3 aromatic rings. The van der Waals surface area contributed by atoms with Crippen LogP contribution in [-0.2, 0) is 6.54 Å². The third-order valence-electron chi connectivity index (χ3n) is 4.59. The van der Waals surface area contributed by atoms with Crippen molar-refractivity contribution in [1.82, 2.24) is 14.9 Å².